The van der Waals surface area contributed by atoms with Crippen LogP contribution in [0, 0.1) is 0 Å². The number of morpholine rings is 1. The van der Waals surface area contributed by atoms with Gasteiger partial charge >= 0.3 is 0 Å². The predicted octanol–water partition coefficient (Wildman–Crippen LogP) is 3.26. The second-order valence-electron chi connectivity index (χ2n) is 7.35. The standard InChI is InChI=1S/C21H22N4O4S2/c1-14-12-25(13-15(2)29-14)31(27,28)18-10-6-9-17(11-18)20(26)23-21-22-19(24-30-21)16-7-4-3-5-8-16/h3-11,14-15H,12-13H2,1-2H3,(H,22,23,24,26). The van der Waals surface area contributed by atoms with Crippen molar-refractivity contribution >= 4 is 32.6 Å². The molecule has 1 N–H and O–H groups in total. The van der Waals surface area contributed by atoms with E-state index < -0.39 is 15.9 Å². The quantitative estimate of drug-likeness (QED) is 0.630. The van der Waals surface area contributed by atoms with Crippen LogP contribution in [0.25, 0.3) is 11.4 Å². The van der Waals surface area contributed by atoms with Crippen molar-refractivity contribution in [3.8, 4) is 11.4 Å². The molecule has 1 aliphatic heterocycles. The van der Waals surface area contributed by atoms with Crippen molar-refractivity contribution in [3.63, 3.8) is 0 Å². The second kappa shape index (κ2) is 8.83. The largest absolute Gasteiger partial charge is 0.373 e. The number of hydrogen-bond donors (Lipinski definition) is 1. The Balaban J connectivity index is 1.52. The minimum Gasteiger partial charge on any atom is -0.373 e. The highest BCUT2D eigenvalue weighted by molar-refractivity contribution is 7.89. The Bertz CT molecular complexity index is 1170. The number of benzene rings is 2. The van der Waals surface area contributed by atoms with Gasteiger partial charge in [0.2, 0.25) is 15.2 Å². The number of hydrogen-bond acceptors (Lipinski definition) is 7. The van der Waals surface area contributed by atoms with Gasteiger partial charge in [-0.3, -0.25) is 10.1 Å². The first-order chi connectivity index (χ1) is 14.8. The molecule has 2 atom stereocenters. The van der Waals surface area contributed by atoms with Gasteiger partial charge in [0.25, 0.3) is 5.91 Å². The minimum absolute atomic E-state index is 0.0729. The van der Waals surface area contributed by atoms with Gasteiger partial charge in [-0.05, 0) is 32.0 Å². The maximum atomic E-state index is 13.1. The average Bonchev–Trinajstić information content (AvgIpc) is 3.22. The Morgan fingerprint density at radius 1 is 1.10 bits per heavy atom. The van der Waals surface area contributed by atoms with Crippen molar-refractivity contribution in [2.24, 2.45) is 0 Å². The van der Waals surface area contributed by atoms with Crippen LogP contribution in [-0.2, 0) is 14.8 Å². The number of anilines is 1. The average molecular weight is 459 g/mol. The molecule has 1 saturated heterocycles. The first-order valence-electron chi connectivity index (χ1n) is 9.79. The van der Waals surface area contributed by atoms with Crippen LogP contribution in [-0.4, -0.2) is 53.3 Å². The molecular formula is C21H22N4O4S2. The molecule has 2 aromatic carbocycles. The SMILES string of the molecule is CC1CN(S(=O)(=O)c2cccc(C(=O)Nc3nc(-c4ccccc4)ns3)c2)CC(C)O1. The van der Waals surface area contributed by atoms with Gasteiger partial charge in [0.1, 0.15) is 0 Å². The van der Waals surface area contributed by atoms with E-state index in [1.807, 2.05) is 44.2 Å². The van der Waals surface area contributed by atoms with E-state index in [-0.39, 0.29) is 35.8 Å². The minimum atomic E-state index is -3.74. The van der Waals surface area contributed by atoms with Gasteiger partial charge in [-0.2, -0.15) is 13.7 Å². The van der Waals surface area contributed by atoms with E-state index in [0.29, 0.717) is 11.0 Å². The number of carbonyl (C=O) groups is 1. The van der Waals surface area contributed by atoms with Crippen LogP contribution in [0.5, 0.6) is 0 Å². The van der Waals surface area contributed by atoms with Crippen LogP contribution >= 0.6 is 11.5 Å². The summed E-state index contributed by atoms with van der Waals surface area (Å²) in [5, 5.41) is 3.04. The molecule has 2 heterocycles. The van der Waals surface area contributed by atoms with Crippen molar-refractivity contribution in [3.05, 3.63) is 60.2 Å². The summed E-state index contributed by atoms with van der Waals surface area (Å²) in [5.41, 5.74) is 1.08. The molecule has 1 aromatic heterocycles. The van der Waals surface area contributed by atoms with Crippen LogP contribution in [0.15, 0.2) is 59.5 Å². The normalized spacial score (nSPS) is 19.8. The first-order valence-corrected chi connectivity index (χ1v) is 12.0. The number of aromatic nitrogens is 2. The highest BCUT2D eigenvalue weighted by Gasteiger charge is 2.32. The van der Waals surface area contributed by atoms with E-state index in [1.54, 1.807) is 12.1 Å². The molecule has 0 saturated carbocycles. The number of nitrogens with one attached hydrogen (secondary N) is 1. The van der Waals surface area contributed by atoms with Crippen LogP contribution in [0.4, 0.5) is 5.13 Å². The van der Waals surface area contributed by atoms with Crippen molar-refractivity contribution in [2.75, 3.05) is 18.4 Å². The topological polar surface area (TPSA) is 101 Å². The van der Waals surface area contributed by atoms with E-state index in [2.05, 4.69) is 14.7 Å². The maximum absolute atomic E-state index is 13.1. The zero-order valence-electron chi connectivity index (χ0n) is 17.1. The summed E-state index contributed by atoms with van der Waals surface area (Å²) < 4.78 is 37.5. The van der Waals surface area contributed by atoms with Gasteiger partial charge < -0.3 is 4.74 Å². The summed E-state index contributed by atoms with van der Waals surface area (Å²) in [6, 6.07) is 15.4. The molecule has 8 nitrogen and oxygen atoms in total. The van der Waals surface area contributed by atoms with Crippen LogP contribution in [0.1, 0.15) is 24.2 Å². The van der Waals surface area contributed by atoms with Crippen LogP contribution < -0.4 is 5.32 Å². The molecule has 31 heavy (non-hydrogen) atoms. The molecule has 162 valence electrons. The number of sulfonamides is 1. The molecule has 1 fully saturated rings. The highest BCUT2D eigenvalue weighted by atomic mass is 32.2. The van der Waals surface area contributed by atoms with E-state index in [0.717, 1.165) is 17.1 Å². The molecule has 1 aliphatic rings. The molecule has 10 heteroatoms. The molecule has 2 unspecified atom stereocenters. The summed E-state index contributed by atoms with van der Waals surface area (Å²) in [7, 11) is -3.74. The third-order valence-electron chi connectivity index (χ3n) is 4.80. The lowest BCUT2D eigenvalue weighted by molar-refractivity contribution is -0.0440. The Morgan fingerprint density at radius 3 is 2.52 bits per heavy atom. The number of rotatable bonds is 5. The lowest BCUT2D eigenvalue weighted by Gasteiger charge is -2.34. The van der Waals surface area contributed by atoms with Gasteiger partial charge in [-0.15, -0.1) is 0 Å². The predicted molar refractivity (Wildman–Crippen MR) is 119 cm³/mol. The van der Waals surface area contributed by atoms with Crippen molar-refractivity contribution in [1.29, 1.82) is 0 Å². The summed E-state index contributed by atoms with van der Waals surface area (Å²) in [6.45, 7) is 4.23. The Morgan fingerprint density at radius 2 is 1.81 bits per heavy atom. The van der Waals surface area contributed by atoms with Crippen LogP contribution in [0.2, 0.25) is 0 Å². The third kappa shape index (κ3) is 4.82. The molecule has 1 amide bonds. The Labute approximate surface area is 185 Å². The smallest absolute Gasteiger partial charge is 0.257 e. The molecule has 0 spiro atoms. The van der Waals surface area contributed by atoms with Gasteiger partial charge in [-0.25, -0.2) is 8.42 Å². The molecule has 0 bridgehead atoms. The molecule has 4 rings (SSSR count). The number of ether oxygens (including phenoxy) is 1. The Kier molecular flexibility index (Phi) is 6.15. The van der Waals surface area contributed by atoms with Crippen molar-refractivity contribution in [1.82, 2.24) is 13.7 Å². The van der Waals surface area contributed by atoms with E-state index in [1.165, 1.54) is 16.4 Å². The van der Waals surface area contributed by atoms with E-state index in [4.69, 9.17) is 4.74 Å². The number of amides is 1. The fourth-order valence-corrected chi connectivity index (χ4v) is 5.64. The van der Waals surface area contributed by atoms with Gasteiger partial charge in [-0.1, -0.05) is 36.4 Å². The molecule has 0 aliphatic carbocycles. The zero-order chi connectivity index (χ0) is 22.0. The highest BCUT2D eigenvalue weighted by Crippen LogP contribution is 2.24. The zero-order valence-corrected chi connectivity index (χ0v) is 18.7. The van der Waals surface area contributed by atoms with E-state index in [9.17, 15) is 13.2 Å². The first kappa shape index (κ1) is 21.6. The van der Waals surface area contributed by atoms with E-state index >= 15 is 0 Å². The molecule has 0 radical (unpaired) electrons. The molecular weight excluding hydrogens is 436 g/mol. The third-order valence-corrected chi connectivity index (χ3v) is 7.26. The van der Waals surface area contributed by atoms with Crippen LogP contribution in [0.3, 0.4) is 0 Å². The fourth-order valence-electron chi connectivity index (χ4n) is 3.42. The van der Waals surface area contributed by atoms with Gasteiger partial charge in [0, 0.05) is 35.7 Å². The van der Waals surface area contributed by atoms with Gasteiger partial charge in [0.15, 0.2) is 5.82 Å². The Hall–Kier alpha value is -2.66. The number of carbonyl (C=O) groups excluding carboxylic acids is 1. The summed E-state index contributed by atoms with van der Waals surface area (Å²) in [6.07, 6.45) is -0.387. The van der Waals surface area contributed by atoms with Crippen molar-refractivity contribution in [2.45, 2.75) is 31.0 Å². The molecule has 3 aromatic rings. The second-order valence-corrected chi connectivity index (χ2v) is 10.0. The summed E-state index contributed by atoms with van der Waals surface area (Å²) >= 11 is 1.07. The van der Waals surface area contributed by atoms with Gasteiger partial charge in [0.05, 0.1) is 17.1 Å². The van der Waals surface area contributed by atoms with Crippen molar-refractivity contribution < 1.29 is 17.9 Å². The summed E-state index contributed by atoms with van der Waals surface area (Å²) in [4.78, 5) is 17.1. The fraction of sp³-hybridized carbons (Fsp3) is 0.286. The summed E-state index contributed by atoms with van der Waals surface area (Å²) in [5.74, 6) is 0.0734. The number of nitrogens with zero attached hydrogens (tertiary/aromatic N) is 3. The lowest BCUT2D eigenvalue weighted by Crippen LogP contribution is -2.48. The maximum Gasteiger partial charge on any atom is 0.257 e. The monoisotopic (exact) mass is 458 g/mol. The lowest BCUT2D eigenvalue weighted by atomic mass is 10.2.